The van der Waals surface area contributed by atoms with Gasteiger partial charge in [-0.05, 0) is 41.0 Å². The molecular formula is C13H26NO7P. The second-order valence-electron chi connectivity index (χ2n) is 5.50. The highest BCUT2D eigenvalue weighted by atomic mass is 31.2. The van der Waals surface area contributed by atoms with Crippen molar-refractivity contribution in [1.29, 1.82) is 0 Å². The smallest absolute Gasteiger partial charge is 0.408 e. The summed E-state index contributed by atoms with van der Waals surface area (Å²) in [4.78, 5) is 22.8. The number of hydrogen-bond donors (Lipinski definition) is 2. The first-order valence-corrected chi connectivity index (χ1v) is 8.86. The van der Waals surface area contributed by atoms with E-state index in [2.05, 4.69) is 5.32 Å². The van der Waals surface area contributed by atoms with Gasteiger partial charge in [-0.2, -0.15) is 0 Å². The minimum atomic E-state index is -3.35. The molecule has 0 fully saturated rings. The molecule has 0 aromatic rings. The number of rotatable bonds is 9. The number of ether oxygens (including phenoxy) is 1. The maximum absolute atomic E-state index is 12.3. The topological polar surface area (TPSA) is 111 Å². The molecule has 130 valence electrons. The first-order chi connectivity index (χ1) is 10.0. The standard InChI is InChI=1S/C13H26NO7P/c1-6-19-22(18,20-7-2)9-8-10(11(15)16)14-12(17)21-13(3,4)5/h10H,6-9H2,1-5H3,(H,14,17)(H,15,16)/t10-/m1/s1. The van der Waals surface area contributed by atoms with Crippen LogP contribution in [0.3, 0.4) is 0 Å². The number of aliphatic carboxylic acids is 1. The highest BCUT2D eigenvalue weighted by Gasteiger charge is 2.29. The number of amides is 1. The summed E-state index contributed by atoms with van der Waals surface area (Å²) < 4.78 is 27.4. The van der Waals surface area contributed by atoms with Gasteiger partial charge in [0.2, 0.25) is 0 Å². The maximum Gasteiger partial charge on any atom is 0.408 e. The summed E-state index contributed by atoms with van der Waals surface area (Å²) in [6.45, 7) is 8.71. The molecule has 1 amide bonds. The van der Waals surface area contributed by atoms with Crippen molar-refractivity contribution in [3.8, 4) is 0 Å². The Morgan fingerprint density at radius 3 is 2.05 bits per heavy atom. The van der Waals surface area contributed by atoms with E-state index >= 15 is 0 Å². The largest absolute Gasteiger partial charge is 0.480 e. The van der Waals surface area contributed by atoms with Gasteiger partial charge in [0, 0.05) is 0 Å². The average Bonchev–Trinajstić information content (AvgIpc) is 2.32. The molecule has 1 atom stereocenters. The Kier molecular flexibility index (Phi) is 8.66. The van der Waals surface area contributed by atoms with Gasteiger partial charge in [0.25, 0.3) is 0 Å². The average molecular weight is 339 g/mol. The van der Waals surface area contributed by atoms with Crippen molar-refractivity contribution in [2.45, 2.75) is 52.7 Å². The van der Waals surface area contributed by atoms with Crippen LogP contribution in [0.15, 0.2) is 0 Å². The van der Waals surface area contributed by atoms with Crippen LogP contribution in [0, 0.1) is 0 Å². The van der Waals surface area contributed by atoms with Crippen LogP contribution in [0.25, 0.3) is 0 Å². The summed E-state index contributed by atoms with van der Waals surface area (Å²) in [6, 6.07) is -1.23. The second kappa shape index (κ2) is 9.12. The van der Waals surface area contributed by atoms with Gasteiger partial charge in [-0.25, -0.2) is 9.59 Å². The molecule has 0 saturated carbocycles. The van der Waals surface area contributed by atoms with Crippen molar-refractivity contribution in [2.75, 3.05) is 19.4 Å². The van der Waals surface area contributed by atoms with Crippen LogP contribution >= 0.6 is 7.60 Å². The highest BCUT2D eigenvalue weighted by molar-refractivity contribution is 7.53. The third kappa shape index (κ3) is 9.02. The molecule has 8 nitrogen and oxygen atoms in total. The van der Waals surface area contributed by atoms with Gasteiger partial charge in [-0.1, -0.05) is 0 Å². The fraction of sp³-hybridized carbons (Fsp3) is 0.846. The van der Waals surface area contributed by atoms with Gasteiger partial charge in [0.15, 0.2) is 0 Å². The summed E-state index contributed by atoms with van der Waals surface area (Å²) >= 11 is 0. The molecule has 0 aromatic carbocycles. The third-order valence-electron chi connectivity index (χ3n) is 2.33. The molecule has 0 aromatic heterocycles. The van der Waals surface area contributed by atoms with Crippen LogP contribution in [0.4, 0.5) is 4.79 Å². The Morgan fingerprint density at radius 2 is 1.68 bits per heavy atom. The Balaban J connectivity index is 4.68. The van der Waals surface area contributed by atoms with Crippen molar-refractivity contribution in [3.05, 3.63) is 0 Å². The molecule has 9 heteroatoms. The summed E-state index contributed by atoms with van der Waals surface area (Å²) in [5, 5.41) is 11.4. The Labute approximate surface area is 131 Å². The molecule has 0 aliphatic rings. The van der Waals surface area contributed by atoms with E-state index in [-0.39, 0.29) is 25.8 Å². The molecule has 0 aliphatic heterocycles. The zero-order valence-electron chi connectivity index (χ0n) is 13.7. The quantitative estimate of drug-likeness (QED) is 0.621. The predicted molar refractivity (Wildman–Crippen MR) is 81.1 cm³/mol. The van der Waals surface area contributed by atoms with Crippen molar-refractivity contribution >= 4 is 19.7 Å². The van der Waals surface area contributed by atoms with Gasteiger partial charge < -0.3 is 24.2 Å². The van der Waals surface area contributed by atoms with E-state index in [0.29, 0.717) is 0 Å². The lowest BCUT2D eigenvalue weighted by molar-refractivity contribution is -0.139. The summed E-state index contributed by atoms with van der Waals surface area (Å²) in [7, 11) is -3.35. The molecule has 2 N–H and O–H groups in total. The molecule has 0 radical (unpaired) electrons. The normalized spacial score (nSPS) is 13.5. The van der Waals surface area contributed by atoms with Crippen LogP contribution in [0.1, 0.15) is 41.0 Å². The van der Waals surface area contributed by atoms with Gasteiger partial charge in [-0.3, -0.25) is 4.57 Å². The Morgan fingerprint density at radius 1 is 1.18 bits per heavy atom. The van der Waals surface area contributed by atoms with Crippen LogP contribution in [-0.4, -0.2) is 48.2 Å². The van der Waals surface area contributed by atoms with Crippen molar-refractivity contribution < 1.29 is 33.0 Å². The number of hydrogen-bond acceptors (Lipinski definition) is 6. The number of carboxylic acid groups (broad SMARTS) is 1. The second-order valence-corrected chi connectivity index (χ2v) is 7.68. The lowest BCUT2D eigenvalue weighted by atomic mass is 10.2. The first kappa shape index (κ1) is 20.9. The minimum absolute atomic E-state index is 0.0914. The monoisotopic (exact) mass is 339 g/mol. The molecule has 0 bridgehead atoms. The van der Waals surface area contributed by atoms with Crippen LogP contribution < -0.4 is 5.32 Å². The van der Waals surface area contributed by atoms with E-state index in [1.165, 1.54) is 0 Å². The van der Waals surface area contributed by atoms with Crippen LogP contribution in [0.2, 0.25) is 0 Å². The predicted octanol–water partition coefficient (Wildman–Crippen LogP) is 2.62. The molecule has 0 unspecified atom stereocenters. The summed E-state index contributed by atoms with van der Waals surface area (Å²) in [5.74, 6) is -1.24. The maximum atomic E-state index is 12.3. The van der Waals surface area contributed by atoms with Crippen molar-refractivity contribution in [3.63, 3.8) is 0 Å². The molecule has 22 heavy (non-hydrogen) atoms. The molecule has 0 aliphatic carbocycles. The van der Waals surface area contributed by atoms with E-state index in [0.717, 1.165) is 0 Å². The minimum Gasteiger partial charge on any atom is -0.480 e. The lowest BCUT2D eigenvalue weighted by Crippen LogP contribution is -2.43. The van der Waals surface area contributed by atoms with Crippen LogP contribution in [-0.2, 0) is 23.1 Å². The van der Waals surface area contributed by atoms with E-state index in [9.17, 15) is 14.2 Å². The fourth-order valence-electron chi connectivity index (χ4n) is 1.55. The number of carbonyl (C=O) groups excluding carboxylic acids is 1. The molecule has 0 saturated heterocycles. The number of alkyl carbamates (subject to hydrolysis) is 1. The Hall–Kier alpha value is -1.11. The molecular weight excluding hydrogens is 313 g/mol. The number of carboxylic acids is 1. The van der Waals surface area contributed by atoms with Crippen molar-refractivity contribution in [1.82, 2.24) is 5.32 Å². The van der Waals surface area contributed by atoms with E-state index in [4.69, 9.17) is 18.9 Å². The highest BCUT2D eigenvalue weighted by Crippen LogP contribution is 2.48. The first-order valence-electron chi connectivity index (χ1n) is 7.13. The van der Waals surface area contributed by atoms with Gasteiger partial charge in [0.1, 0.15) is 11.6 Å². The van der Waals surface area contributed by atoms with Crippen molar-refractivity contribution in [2.24, 2.45) is 0 Å². The van der Waals surface area contributed by atoms with E-state index in [1.54, 1.807) is 34.6 Å². The lowest BCUT2D eigenvalue weighted by Gasteiger charge is -2.23. The molecule has 0 rings (SSSR count). The fourth-order valence-corrected chi connectivity index (χ4v) is 3.25. The zero-order valence-corrected chi connectivity index (χ0v) is 14.6. The molecule has 0 spiro atoms. The van der Waals surface area contributed by atoms with Gasteiger partial charge >= 0.3 is 19.7 Å². The zero-order chi connectivity index (χ0) is 17.4. The van der Waals surface area contributed by atoms with Crippen LogP contribution in [0.5, 0.6) is 0 Å². The third-order valence-corrected chi connectivity index (χ3v) is 4.44. The number of carbonyl (C=O) groups is 2. The number of nitrogens with one attached hydrogen (secondary N) is 1. The van der Waals surface area contributed by atoms with Gasteiger partial charge in [0.05, 0.1) is 19.4 Å². The molecule has 0 heterocycles. The summed E-state index contributed by atoms with van der Waals surface area (Å²) in [6.07, 6.45) is -1.05. The van der Waals surface area contributed by atoms with E-state index < -0.39 is 31.3 Å². The van der Waals surface area contributed by atoms with E-state index in [1.807, 2.05) is 0 Å². The summed E-state index contributed by atoms with van der Waals surface area (Å²) in [5.41, 5.74) is -0.737. The Bertz CT molecular complexity index is 409. The SMILES string of the molecule is CCOP(=O)(CC[C@@H](NC(=O)OC(C)(C)C)C(=O)O)OCC. The van der Waals surface area contributed by atoms with Gasteiger partial charge in [-0.15, -0.1) is 0 Å².